The quantitative estimate of drug-likeness (QED) is 0.355. The van der Waals surface area contributed by atoms with E-state index in [2.05, 4.69) is 41.4 Å². The second kappa shape index (κ2) is 13.4. The van der Waals surface area contributed by atoms with E-state index < -0.39 is 0 Å². The fraction of sp³-hybridized carbons (Fsp3) is 0.938. The number of likely N-dealkylation sites (N-methyl/N-ethyl adjacent to an activating group) is 1. The number of unbranched alkanes of at least 4 members (excludes halogenated alkanes) is 1. The minimum atomic E-state index is 0. The number of guanidine groups is 1. The minimum absolute atomic E-state index is 0. The van der Waals surface area contributed by atoms with Crippen LogP contribution in [-0.4, -0.2) is 63.8 Å². The van der Waals surface area contributed by atoms with Gasteiger partial charge in [0.15, 0.2) is 5.96 Å². The molecule has 1 aliphatic rings. The lowest BCUT2D eigenvalue weighted by molar-refractivity contribution is -0.0161. The maximum atomic E-state index is 5.76. The molecule has 0 spiro atoms. The first kappa shape index (κ1) is 21.9. The molecule has 1 aliphatic heterocycles. The number of rotatable bonds is 8. The monoisotopic (exact) mass is 426 g/mol. The summed E-state index contributed by atoms with van der Waals surface area (Å²) in [6, 6.07) is 0. The molecule has 0 aromatic heterocycles. The molecule has 5 nitrogen and oxygen atoms in total. The highest BCUT2D eigenvalue weighted by atomic mass is 127. The van der Waals surface area contributed by atoms with E-state index in [1.54, 1.807) is 0 Å². The van der Waals surface area contributed by atoms with Crippen LogP contribution in [0.3, 0.4) is 0 Å². The van der Waals surface area contributed by atoms with E-state index >= 15 is 0 Å². The molecule has 22 heavy (non-hydrogen) atoms. The average molecular weight is 426 g/mol. The molecule has 1 heterocycles. The third-order valence-corrected chi connectivity index (χ3v) is 4.16. The Bertz CT molecular complexity index is 302. The highest BCUT2D eigenvalue weighted by molar-refractivity contribution is 14.0. The van der Waals surface area contributed by atoms with Crippen LogP contribution in [0.4, 0.5) is 0 Å². The molecule has 1 rings (SSSR count). The van der Waals surface area contributed by atoms with Crippen molar-refractivity contribution in [2.24, 2.45) is 10.9 Å². The van der Waals surface area contributed by atoms with Crippen molar-refractivity contribution in [2.45, 2.75) is 45.6 Å². The number of ether oxygens (including phenoxy) is 1. The number of hydrogen-bond donors (Lipinski definition) is 2. The molecule has 0 bridgehead atoms. The fourth-order valence-corrected chi connectivity index (χ4v) is 2.61. The average Bonchev–Trinajstić information content (AvgIpc) is 2.50. The molecule has 0 saturated carbocycles. The maximum absolute atomic E-state index is 5.76. The Morgan fingerprint density at radius 2 is 2.14 bits per heavy atom. The zero-order valence-electron chi connectivity index (χ0n) is 14.7. The Balaban J connectivity index is 0.00000441. The van der Waals surface area contributed by atoms with E-state index in [-0.39, 0.29) is 30.1 Å². The molecule has 1 fully saturated rings. The Morgan fingerprint density at radius 3 is 2.73 bits per heavy atom. The highest BCUT2D eigenvalue weighted by Crippen LogP contribution is 2.11. The molecule has 0 radical (unpaired) electrons. The van der Waals surface area contributed by atoms with Gasteiger partial charge in [0.05, 0.1) is 12.7 Å². The molecule has 1 saturated heterocycles. The largest absolute Gasteiger partial charge is 0.374 e. The lowest BCUT2D eigenvalue weighted by Crippen LogP contribution is -2.48. The van der Waals surface area contributed by atoms with Gasteiger partial charge in [0.25, 0.3) is 0 Å². The van der Waals surface area contributed by atoms with Crippen LogP contribution in [-0.2, 0) is 4.74 Å². The van der Waals surface area contributed by atoms with Crippen molar-refractivity contribution in [2.75, 3.05) is 46.9 Å². The molecule has 6 heteroatoms. The summed E-state index contributed by atoms with van der Waals surface area (Å²) in [5.74, 6) is 1.63. The van der Waals surface area contributed by atoms with E-state index in [1.807, 2.05) is 7.05 Å². The summed E-state index contributed by atoms with van der Waals surface area (Å²) in [6.45, 7) is 9.17. The van der Waals surface area contributed by atoms with E-state index in [0.29, 0.717) is 0 Å². The minimum Gasteiger partial charge on any atom is -0.374 e. The van der Waals surface area contributed by atoms with Crippen LogP contribution >= 0.6 is 24.0 Å². The SMILES string of the molecule is CCCCC(CC)CNC(=NC)NCC1CN(C)CCO1.I. The number of morpholine rings is 1. The summed E-state index contributed by atoms with van der Waals surface area (Å²) >= 11 is 0. The van der Waals surface area contributed by atoms with Gasteiger partial charge in [-0.1, -0.05) is 33.1 Å². The summed E-state index contributed by atoms with van der Waals surface area (Å²) in [7, 11) is 3.97. The summed E-state index contributed by atoms with van der Waals surface area (Å²) in [5, 5.41) is 6.83. The molecule has 0 aliphatic carbocycles. The van der Waals surface area contributed by atoms with Crippen LogP contribution in [0.15, 0.2) is 4.99 Å². The third kappa shape index (κ3) is 9.15. The normalized spacial score (nSPS) is 21.1. The van der Waals surface area contributed by atoms with Gasteiger partial charge >= 0.3 is 0 Å². The Morgan fingerprint density at radius 1 is 1.36 bits per heavy atom. The Hall–Kier alpha value is -0.0800. The van der Waals surface area contributed by atoms with Crippen molar-refractivity contribution in [1.82, 2.24) is 15.5 Å². The van der Waals surface area contributed by atoms with Crippen molar-refractivity contribution in [3.8, 4) is 0 Å². The van der Waals surface area contributed by atoms with Crippen LogP contribution in [0.25, 0.3) is 0 Å². The predicted molar refractivity (Wildman–Crippen MR) is 105 cm³/mol. The first-order valence-corrected chi connectivity index (χ1v) is 8.44. The van der Waals surface area contributed by atoms with Gasteiger partial charge in [0.1, 0.15) is 0 Å². The van der Waals surface area contributed by atoms with E-state index in [9.17, 15) is 0 Å². The van der Waals surface area contributed by atoms with Crippen molar-refractivity contribution in [3.05, 3.63) is 0 Å². The van der Waals surface area contributed by atoms with Crippen molar-refractivity contribution >= 4 is 29.9 Å². The molecule has 0 aromatic rings. The first-order chi connectivity index (χ1) is 10.2. The Labute approximate surface area is 153 Å². The number of nitrogens with zero attached hydrogens (tertiary/aromatic N) is 2. The van der Waals surface area contributed by atoms with Crippen LogP contribution in [0, 0.1) is 5.92 Å². The number of aliphatic imine (C=N–C) groups is 1. The second-order valence-corrected chi connectivity index (χ2v) is 6.01. The molecule has 0 amide bonds. The number of halogens is 1. The summed E-state index contributed by atoms with van der Waals surface area (Å²) < 4.78 is 5.76. The Kier molecular flexibility index (Phi) is 13.3. The molecule has 2 atom stereocenters. The standard InChI is InChI=1S/C16H34N4O.HI/c1-5-7-8-14(6-2)11-18-16(17-3)19-12-15-13-20(4)9-10-21-15;/h14-15H,5-13H2,1-4H3,(H2,17,18,19);1H. The number of nitrogens with one attached hydrogen (secondary N) is 2. The van der Waals surface area contributed by atoms with Gasteiger partial charge in [-0.25, -0.2) is 0 Å². The van der Waals surface area contributed by atoms with E-state index in [0.717, 1.165) is 44.7 Å². The van der Waals surface area contributed by atoms with Crippen LogP contribution in [0.5, 0.6) is 0 Å². The van der Waals surface area contributed by atoms with Gasteiger partial charge in [0, 0.05) is 33.2 Å². The maximum Gasteiger partial charge on any atom is 0.191 e. The van der Waals surface area contributed by atoms with Gasteiger partial charge < -0.3 is 20.3 Å². The van der Waals surface area contributed by atoms with Crippen molar-refractivity contribution in [3.63, 3.8) is 0 Å². The first-order valence-electron chi connectivity index (χ1n) is 8.44. The molecule has 132 valence electrons. The van der Waals surface area contributed by atoms with Crippen molar-refractivity contribution < 1.29 is 4.74 Å². The van der Waals surface area contributed by atoms with Crippen LogP contribution < -0.4 is 10.6 Å². The van der Waals surface area contributed by atoms with Gasteiger partial charge in [-0.15, -0.1) is 24.0 Å². The lowest BCUT2D eigenvalue weighted by atomic mass is 9.99. The molecular weight excluding hydrogens is 391 g/mol. The van der Waals surface area contributed by atoms with Gasteiger partial charge in [0.2, 0.25) is 0 Å². The molecule has 0 aromatic carbocycles. The predicted octanol–water partition coefficient (Wildman–Crippen LogP) is 2.32. The third-order valence-electron chi connectivity index (χ3n) is 4.16. The van der Waals surface area contributed by atoms with E-state index in [1.165, 1.54) is 25.7 Å². The van der Waals surface area contributed by atoms with Crippen LogP contribution in [0.2, 0.25) is 0 Å². The molecular formula is C16H35IN4O. The molecule has 2 unspecified atom stereocenters. The fourth-order valence-electron chi connectivity index (χ4n) is 2.61. The lowest BCUT2D eigenvalue weighted by Gasteiger charge is -2.30. The zero-order chi connectivity index (χ0) is 15.5. The van der Waals surface area contributed by atoms with Gasteiger partial charge in [-0.2, -0.15) is 0 Å². The summed E-state index contributed by atoms with van der Waals surface area (Å²) in [5.41, 5.74) is 0. The summed E-state index contributed by atoms with van der Waals surface area (Å²) in [6.07, 6.45) is 5.36. The van der Waals surface area contributed by atoms with E-state index in [4.69, 9.17) is 4.74 Å². The topological polar surface area (TPSA) is 48.9 Å². The smallest absolute Gasteiger partial charge is 0.191 e. The second-order valence-electron chi connectivity index (χ2n) is 6.01. The number of hydrogen-bond acceptors (Lipinski definition) is 3. The summed E-state index contributed by atoms with van der Waals surface area (Å²) in [4.78, 5) is 6.61. The molecule has 2 N–H and O–H groups in total. The van der Waals surface area contributed by atoms with Gasteiger partial charge in [-0.3, -0.25) is 4.99 Å². The zero-order valence-corrected chi connectivity index (χ0v) is 17.1. The van der Waals surface area contributed by atoms with Crippen LogP contribution in [0.1, 0.15) is 39.5 Å². The van der Waals surface area contributed by atoms with Gasteiger partial charge in [-0.05, 0) is 19.4 Å². The highest BCUT2D eigenvalue weighted by Gasteiger charge is 2.17. The van der Waals surface area contributed by atoms with Crippen molar-refractivity contribution in [1.29, 1.82) is 0 Å².